The highest BCUT2D eigenvalue weighted by molar-refractivity contribution is 9.10. The van der Waals surface area contributed by atoms with Crippen LogP contribution >= 0.6 is 39.3 Å². The molecular formula is C28H30BrClN2O2S. The second-order valence-corrected chi connectivity index (χ2v) is 11.1. The van der Waals surface area contributed by atoms with Crippen LogP contribution in [0.3, 0.4) is 0 Å². The molecule has 0 aliphatic heterocycles. The van der Waals surface area contributed by atoms with Crippen LogP contribution < -0.4 is 5.32 Å². The first kappa shape index (κ1) is 27.3. The van der Waals surface area contributed by atoms with Gasteiger partial charge in [-0.2, -0.15) is 0 Å². The van der Waals surface area contributed by atoms with E-state index in [4.69, 9.17) is 11.6 Å². The molecule has 0 spiro atoms. The Bertz CT molecular complexity index is 1110. The summed E-state index contributed by atoms with van der Waals surface area (Å²) >= 11 is 11.1. The molecule has 0 heterocycles. The van der Waals surface area contributed by atoms with Crippen molar-refractivity contribution in [1.29, 1.82) is 0 Å². The summed E-state index contributed by atoms with van der Waals surface area (Å²) in [5, 5.41) is 3.71. The lowest BCUT2D eigenvalue weighted by molar-refractivity contribution is -0.141. The van der Waals surface area contributed by atoms with Crippen molar-refractivity contribution in [2.75, 3.05) is 5.75 Å². The van der Waals surface area contributed by atoms with Gasteiger partial charge in [-0.1, -0.05) is 70.0 Å². The highest BCUT2D eigenvalue weighted by Gasteiger charge is 2.30. The van der Waals surface area contributed by atoms with Crippen LogP contribution in [0.25, 0.3) is 0 Å². The third kappa shape index (κ3) is 9.02. The number of halogens is 2. The molecule has 1 unspecified atom stereocenters. The third-order valence-electron chi connectivity index (χ3n) is 5.34. The van der Waals surface area contributed by atoms with Gasteiger partial charge in [0, 0.05) is 45.6 Å². The maximum absolute atomic E-state index is 13.6. The van der Waals surface area contributed by atoms with Gasteiger partial charge in [0.05, 0.1) is 0 Å². The van der Waals surface area contributed by atoms with Gasteiger partial charge >= 0.3 is 0 Å². The molecule has 1 atom stereocenters. The van der Waals surface area contributed by atoms with Crippen molar-refractivity contribution in [3.63, 3.8) is 0 Å². The van der Waals surface area contributed by atoms with Gasteiger partial charge in [-0.3, -0.25) is 9.59 Å². The van der Waals surface area contributed by atoms with E-state index < -0.39 is 6.04 Å². The van der Waals surface area contributed by atoms with Gasteiger partial charge in [-0.25, -0.2) is 0 Å². The first-order valence-electron chi connectivity index (χ1n) is 11.6. The zero-order valence-electron chi connectivity index (χ0n) is 19.9. The summed E-state index contributed by atoms with van der Waals surface area (Å²) < 4.78 is 0.937. The predicted molar refractivity (Wildman–Crippen MR) is 149 cm³/mol. The van der Waals surface area contributed by atoms with E-state index in [0.29, 0.717) is 30.2 Å². The van der Waals surface area contributed by atoms with Crippen LogP contribution in [0.15, 0.2) is 88.2 Å². The van der Waals surface area contributed by atoms with Gasteiger partial charge in [0.2, 0.25) is 11.8 Å². The minimum atomic E-state index is -0.619. The number of amides is 2. The van der Waals surface area contributed by atoms with Gasteiger partial charge in [-0.05, 0) is 61.4 Å². The van der Waals surface area contributed by atoms with Crippen LogP contribution in [-0.4, -0.2) is 34.6 Å². The summed E-state index contributed by atoms with van der Waals surface area (Å²) in [7, 11) is 0. The maximum atomic E-state index is 13.6. The molecule has 3 rings (SSSR count). The lowest BCUT2D eigenvalue weighted by atomic mass is 10.0. The minimum Gasteiger partial charge on any atom is -0.352 e. The molecule has 3 aromatic carbocycles. The quantitative estimate of drug-likeness (QED) is 0.258. The number of carbonyl (C=O) groups is 2. The topological polar surface area (TPSA) is 49.4 Å². The molecule has 3 aromatic rings. The highest BCUT2D eigenvalue weighted by Crippen LogP contribution is 2.23. The summed E-state index contributed by atoms with van der Waals surface area (Å²) in [4.78, 5) is 29.7. The summed E-state index contributed by atoms with van der Waals surface area (Å²) in [6.07, 6.45) is 0.769. The zero-order valence-corrected chi connectivity index (χ0v) is 23.1. The number of carbonyl (C=O) groups excluding carboxylic acids is 2. The molecule has 0 fully saturated rings. The van der Waals surface area contributed by atoms with E-state index >= 15 is 0 Å². The van der Waals surface area contributed by atoms with Crippen LogP contribution in [0.4, 0.5) is 0 Å². The Hall–Kier alpha value is -2.28. The Kier molecular flexibility index (Phi) is 10.7. The SMILES string of the molecule is CC(C)NC(=O)C(Cc1ccccc1)N(Cc1cccc(Br)c1)C(=O)CCSc1ccc(Cl)cc1. The molecule has 0 saturated heterocycles. The fourth-order valence-electron chi connectivity index (χ4n) is 3.70. The van der Waals surface area contributed by atoms with E-state index in [0.717, 1.165) is 20.5 Å². The van der Waals surface area contributed by atoms with Crippen molar-refractivity contribution in [3.05, 3.63) is 99.5 Å². The molecular weight excluding hydrogens is 544 g/mol. The lowest BCUT2D eigenvalue weighted by Crippen LogP contribution is -2.51. The predicted octanol–water partition coefficient (Wildman–Crippen LogP) is 6.75. The van der Waals surface area contributed by atoms with Gasteiger partial charge in [0.1, 0.15) is 6.04 Å². The molecule has 184 valence electrons. The molecule has 0 radical (unpaired) electrons. The summed E-state index contributed by atoms with van der Waals surface area (Å²) in [6.45, 7) is 4.22. The van der Waals surface area contributed by atoms with E-state index in [2.05, 4.69) is 21.2 Å². The molecule has 2 amide bonds. The Balaban J connectivity index is 1.84. The first-order chi connectivity index (χ1) is 16.8. The Morgan fingerprint density at radius 3 is 2.31 bits per heavy atom. The first-order valence-corrected chi connectivity index (χ1v) is 13.7. The average molecular weight is 574 g/mol. The van der Waals surface area contributed by atoms with Crippen molar-refractivity contribution in [1.82, 2.24) is 10.2 Å². The van der Waals surface area contributed by atoms with Crippen LogP contribution in [0, 0.1) is 0 Å². The number of nitrogens with zero attached hydrogens (tertiary/aromatic N) is 1. The maximum Gasteiger partial charge on any atom is 0.243 e. The molecule has 0 saturated carbocycles. The van der Waals surface area contributed by atoms with E-state index in [9.17, 15) is 9.59 Å². The fourth-order valence-corrected chi connectivity index (χ4v) is 5.11. The molecule has 7 heteroatoms. The molecule has 0 aromatic heterocycles. The molecule has 0 aliphatic carbocycles. The third-order valence-corrected chi connectivity index (χ3v) is 7.10. The standard InChI is InChI=1S/C28H30BrClN2O2S/c1-20(2)31-28(34)26(18-21-7-4-3-5-8-21)32(19-22-9-6-10-23(29)17-22)27(33)15-16-35-25-13-11-24(30)12-14-25/h3-14,17,20,26H,15-16,18-19H2,1-2H3,(H,31,34). The summed E-state index contributed by atoms with van der Waals surface area (Å²) in [5.74, 6) is 0.420. The number of thioether (sulfide) groups is 1. The smallest absolute Gasteiger partial charge is 0.243 e. The van der Waals surface area contributed by atoms with Gasteiger partial charge in [0.25, 0.3) is 0 Å². The Morgan fingerprint density at radius 2 is 1.66 bits per heavy atom. The monoisotopic (exact) mass is 572 g/mol. The molecule has 0 aliphatic rings. The van der Waals surface area contributed by atoms with Crippen molar-refractivity contribution in [2.24, 2.45) is 0 Å². The fraction of sp³-hybridized carbons (Fsp3) is 0.286. The van der Waals surface area contributed by atoms with Gasteiger partial charge in [-0.15, -0.1) is 11.8 Å². The molecule has 35 heavy (non-hydrogen) atoms. The molecule has 0 bridgehead atoms. The van der Waals surface area contributed by atoms with E-state index in [1.54, 1.807) is 16.7 Å². The van der Waals surface area contributed by atoms with Crippen LogP contribution in [0.2, 0.25) is 5.02 Å². The van der Waals surface area contributed by atoms with Crippen LogP contribution in [0.1, 0.15) is 31.4 Å². The van der Waals surface area contributed by atoms with Gasteiger partial charge in [0.15, 0.2) is 0 Å². The van der Waals surface area contributed by atoms with Crippen molar-refractivity contribution < 1.29 is 9.59 Å². The number of hydrogen-bond acceptors (Lipinski definition) is 3. The van der Waals surface area contributed by atoms with E-state index in [1.807, 2.05) is 92.7 Å². The van der Waals surface area contributed by atoms with E-state index in [1.165, 1.54) is 0 Å². The zero-order chi connectivity index (χ0) is 25.2. The Morgan fingerprint density at radius 1 is 0.971 bits per heavy atom. The minimum absolute atomic E-state index is 0.0240. The lowest BCUT2D eigenvalue weighted by Gasteiger charge is -2.32. The van der Waals surface area contributed by atoms with Crippen LogP contribution in [-0.2, 0) is 22.6 Å². The van der Waals surface area contributed by atoms with Crippen molar-refractivity contribution in [3.8, 4) is 0 Å². The van der Waals surface area contributed by atoms with Crippen LogP contribution in [0.5, 0.6) is 0 Å². The summed E-state index contributed by atoms with van der Waals surface area (Å²) in [6, 6.07) is 24.7. The highest BCUT2D eigenvalue weighted by atomic mass is 79.9. The number of benzene rings is 3. The number of hydrogen-bond donors (Lipinski definition) is 1. The van der Waals surface area contributed by atoms with E-state index in [-0.39, 0.29) is 17.9 Å². The number of rotatable bonds is 11. The second-order valence-electron chi connectivity index (χ2n) is 8.57. The largest absolute Gasteiger partial charge is 0.352 e. The van der Waals surface area contributed by atoms with Crippen molar-refractivity contribution in [2.45, 2.75) is 50.2 Å². The van der Waals surface area contributed by atoms with Crippen molar-refractivity contribution >= 4 is 51.1 Å². The second kappa shape index (κ2) is 13.7. The van der Waals surface area contributed by atoms with Gasteiger partial charge < -0.3 is 10.2 Å². The number of nitrogens with one attached hydrogen (secondary N) is 1. The average Bonchev–Trinajstić information content (AvgIpc) is 2.82. The normalized spacial score (nSPS) is 11.8. The summed E-state index contributed by atoms with van der Waals surface area (Å²) in [5.41, 5.74) is 1.98. The Labute approximate surface area is 225 Å². The molecule has 4 nitrogen and oxygen atoms in total. The molecule has 1 N–H and O–H groups in total.